The molecule has 1 aliphatic heterocycles. The third-order valence-electron chi connectivity index (χ3n) is 4.42. The quantitative estimate of drug-likeness (QED) is 0.843. The summed E-state index contributed by atoms with van der Waals surface area (Å²) in [5, 5.41) is 3.82. The maximum atomic E-state index is 12.5. The van der Waals surface area contributed by atoms with Crippen LogP contribution in [0.3, 0.4) is 0 Å². The van der Waals surface area contributed by atoms with Crippen LogP contribution in [-0.2, 0) is 11.2 Å². The van der Waals surface area contributed by atoms with E-state index in [0.29, 0.717) is 12.3 Å². The molecular formula is C18H22N2O4. The van der Waals surface area contributed by atoms with Crippen LogP contribution in [0.25, 0.3) is 0 Å². The lowest BCUT2D eigenvalue weighted by Gasteiger charge is -2.18. The van der Waals surface area contributed by atoms with Gasteiger partial charge >= 0.3 is 0 Å². The summed E-state index contributed by atoms with van der Waals surface area (Å²) in [7, 11) is 3.31. The number of ether oxygens (including phenoxy) is 2. The molecule has 2 aromatic rings. The van der Waals surface area contributed by atoms with Gasteiger partial charge in [0.15, 0.2) is 0 Å². The second kappa shape index (κ2) is 6.95. The van der Waals surface area contributed by atoms with Gasteiger partial charge in [-0.25, -0.2) is 0 Å². The largest absolute Gasteiger partial charge is 0.497 e. The van der Waals surface area contributed by atoms with E-state index < -0.39 is 0 Å². The highest BCUT2D eigenvalue weighted by Gasteiger charge is 2.29. The number of carbonyl (C=O) groups excluding carboxylic acids is 1. The van der Waals surface area contributed by atoms with E-state index in [0.717, 1.165) is 35.7 Å². The lowest BCUT2D eigenvalue weighted by molar-refractivity contribution is -0.129. The predicted octanol–water partition coefficient (Wildman–Crippen LogP) is 2.56. The van der Waals surface area contributed by atoms with Crippen LogP contribution in [-0.4, -0.2) is 43.3 Å². The number of rotatable bonds is 5. The average molecular weight is 330 g/mol. The van der Waals surface area contributed by atoms with Crippen molar-refractivity contribution in [2.75, 3.05) is 27.3 Å². The average Bonchev–Trinajstić information content (AvgIpc) is 3.23. The van der Waals surface area contributed by atoms with Gasteiger partial charge in [0, 0.05) is 30.6 Å². The Labute approximate surface area is 141 Å². The molecule has 6 heteroatoms. The van der Waals surface area contributed by atoms with Crippen molar-refractivity contribution in [1.29, 1.82) is 0 Å². The van der Waals surface area contributed by atoms with Crippen molar-refractivity contribution in [3.8, 4) is 11.5 Å². The van der Waals surface area contributed by atoms with Crippen LogP contribution < -0.4 is 9.47 Å². The number of hydrogen-bond donors (Lipinski definition) is 0. The van der Waals surface area contributed by atoms with Gasteiger partial charge in [0.1, 0.15) is 17.3 Å². The molecule has 0 unspecified atom stereocenters. The summed E-state index contributed by atoms with van der Waals surface area (Å²) in [4.78, 5) is 14.3. The molecule has 1 amide bonds. The Bertz CT molecular complexity index is 726. The van der Waals surface area contributed by atoms with Gasteiger partial charge in [0.2, 0.25) is 5.91 Å². The molecule has 0 bridgehead atoms. The number of benzene rings is 1. The minimum absolute atomic E-state index is 0.0653. The van der Waals surface area contributed by atoms with Crippen molar-refractivity contribution < 1.29 is 18.8 Å². The third-order valence-corrected chi connectivity index (χ3v) is 4.42. The molecule has 1 aromatic heterocycles. The Morgan fingerprint density at radius 3 is 2.83 bits per heavy atom. The van der Waals surface area contributed by atoms with Crippen molar-refractivity contribution in [2.45, 2.75) is 25.7 Å². The fourth-order valence-corrected chi connectivity index (χ4v) is 3.16. The molecule has 1 saturated heterocycles. The lowest BCUT2D eigenvalue weighted by atomic mass is 9.97. The minimum atomic E-state index is 0.0653. The zero-order chi connectivity index (χ0) is 17.1. The van der Waals surface area contributed by atoms with Crippen molar-refractivity contribution in [1.82, 2.24) is 10.1 Å². The fraction of sp³-hybridized carbons (Fsp3) is 0.444. The van der Waals surface area contributed by atoms with Gasteiger partial charge in [0.25, 0.3) is 0 Å². The summed E-state index contributed by atoms with van der Waals surface area (Å²) in [6.45, 7) is 3.25. The first kappa shape index (κ1) is 16.4. The molecule has 1 fully saturated rings. The summed E-state index contributed by atoms with van der Waals surface area (Å²) in [6.07, 6.45) is 1.16. The number of hydrogen-bond acceptors (Lipinski definition) is 5. The Hall–Kier alpha value is -2.50. The van der Waals surface area contributed by atoms with Crippen LogP contribution >= 0.6 is 0 Å². The Morgan fingerprint density at radius 2 is 2.17 bits per heavy atom. The predicted molar refractivity (Wildman–Crippen MR) is 88.4 cm³/mol. The molecule has 2 heterocycles. The van der Waals surface area contributed by atoms with Gasteiger partial charge in [-0.1, -0.05) is 5.16 Å². The first-order valence-corrected chi connectivity index (χ1v) is 8.02. The molecule has 0 spiro atoms. The van der Waals surface area contributed by atoms with Crippen LogP contribution in [0.1, 0.15) is 29.4 Å². The van der Waals surface area contributed by atoms with Gasteiger partial charge in [0.05, 0.1) is 26.3 Å². The fourth-order valence-electron chi connectivity index (χ4n) is 3.16. The topological polar surface area (TPSA) is 64.8 Å². The second-order valence-corrected chi connectivity index (χ2v) is 6.04. The molecule has 128 valence electrons. The molecule has 6 nitrogen and oxygen atoms in total. The molecule has 3 rings (SSSR count). The number of aryl methyl sites for hydroxylation is 1. The third kappa shape index (κ3) is 3.37. The molecule has 0 saturated carbocycles. The van der Waals surface area contributed by atoms with Gasteiger partial charge in [-0.05, 0) is 31.5 Å². The number of carbonyl (C=O) groups is 1. The Kier molecular flexibility index (Phi) is 4.74. The lowest BCUT2D eigenvalue weighted by Crippen LogP contribution is -2.29. The number of aromatic nitrogens is 1. The molecule has 1 atom stereocenters. The first-order valence-electron chi connectivity index (χ1n) is 8.02. The van der Waals surface area contributed by atoms with Gasteiger partial charge in [-0.3, -0.25) is 4.79 Å². The van der Waals surface area contributed by atoms with Crippen molar-refractivity contribution in [3.05, 3.63) is 41.3 Å². The van der Waals surface area contributed by atoms with E-state index in [1.807, 2.05) is 30.0 Å². The van der Waals surface area contributed by atoms with Crippen molar-refractivity contribution in [2.24, 2.45) is 0 Å². The highest BCUT2D eigenvalue weighted by Crippen LogP contribution is 2.36. The molecular weight excluding hydrogens is 308 g/mol. The van der Waals surface area contributed by atoms with Crippen LogP contribution in [0.5, 0.6) is 11.5 Å². The van der Waals surface area contributed by atoms with E-state index >= 15 is 0 Å². The number of amides is 1. The zero-order valence-electron chi connectivity index (χ0n) is 14.2. The van der Waals surface area contributed by atoms with Crippen LogP contribution in [0.15, 0.2) is 28.8 Å². The van der Waals surface area contributed by atoms with Gasteiger partial charge in [-0.2, -0.15) is 0 Å². The van der Waals surface area contributed by atoms with Gasteiger partial charge < -0.3 is 18.9 Å². The minimum Gasteiger partial charge on any atom is -0.497 e. The molecule has 1 aromatic carbocycles. The maximum Gasteiger partial charge on any atom is 0.230 e. The summed E-state index contributed by atoms with van der Waals surface area (Å²) < 4.78 is 15.9. The molecule has 0 aliphatic carbocycles. The molecule has 1 aliphatic rings. The normalized spacial score (nSPS) is 17.1. The van der Waals surface area contributed by atoms with Crippen molar-refractivity contribution >= 4 is 5.91 Å². The van der Waals surface area contributed by atoms with E-state index in [1.54, 1.807) is 20.3 Å². The van der Waals surface area contributed by atoms with Crippen LogP contribution in [0.2, 0.25) is 0 Å². The SMILES string of the molecule is COc1ccc(OC)c([C@@H]2CCN(C(=O)Cc3cc(C)no3)C2)c1. The Balaban J connectivity index is 1.69. The van der Waals surface area contributed by atoms with Gasteiger partial charge in [-0.15, -0.1) is 0 Å². The van der Waals surface area contributed by atoms with E-state index in [9.17, 15) is 4.79 Å². The smallest absolute Gasteiger partial charge is 0.230 e. The highest BCUT2D eigenvalue weighted by atomic mass is 16.5. The number of nitrogens with zero attached hydrogens (tertiary/aromatic N) is 2. The highest BCUT2D eigenvalue weighted by molar-refractivity contribution is 5.78. The monoisotopic (exact) mass is 330 g/mol. The second-order valence-electron chi connectivity index (χ2n) is 6.04. The summed E-state index contributed by atoms with van der Waals surface area (Å²) >= 11 is 0. The van der Waals surface area contributed by atoms with Crippen LogP contribution in [0.4, 0.5) is 0 Å². The van der Waals surface area contributed by atoms with E-state index in [-0.39, 0.29) is 18.2 Å². The maximum absolute atomic E-state index is 12.5. The molecule has 0 radical (unpaired) electrons. The van der Waals surface area contributed by atoms with E-state index in [2.05, 4.69) is 5.16 Å². The first-order chi connectivity index (χ1) is 11.6. The van der Waals surface area contributed by atoms with Crippen LogP contribution in [0, 0.1) is 6.92 Å². The zero-order valence-corrected chi connectivity index (χ0v) is 14.2. The van der Waals surface area contributed by atoms with E-state index in [4.69, 9.17) is 14.0 Å². The van der Waals surface area contributed by atoms with Crippen molar-refractivity contribution in [3.63, 3.8) is 0 Å². The van der Waals surface area contributed by atoms with E-state index in [1.165, 1.54) is 0 Å². The summed E-state index contributed by atoms with van der Waals surface area (Å²) in [5.41, 5.74) is 1.88. The number of likely N-dealkylation sites (tertiary alicyclic amines) is 1. The Morgan fingerprint density at radius 1 is 1.33 bits per heavy atom. The molecule has 24 heavy (non-hydrogen) atoms. The summed E-state index contributed by atoms with van der Waals surface area (Å²) in [6, 6.07) is 7.59. The molecule has 0 N–H and O–H groups in total. The standard InChI is InChI=1S/C18H22N2O4/c1-12-8-15(24-19-12)10-18(21)20-7-6-13(11-20)16-9-14(22-2)4-5-17(16)23-3/h4-5,8-9,13H,6-7,10-11H2,1-3H3/t13-/m1/s1. The summed E-state index contributed by atoms with van der Waals surface area (Å²) in [5.74, 6) is 2.56. The number of methoxy groups -OCH3 is 2.